The van der Waals surface area contributed by atoms with E-state index in [-0.39, 0.29) is 12.1 Å². The van der Waals surface area contributed by atoms with E-state index in [0.717, 1.165) is 13.0 Å². The number of ether oxygens (including phenoxy) is 3. The highest BCUT2D eigenvalue weighted by molar-refractivity contribution is 4.77. The summed E-state index contributed by atoms with van der Waals surface area (Å²) in [5, 5.41) is 3.20. The van der Waals surface area contributed by atoms with Crippen molar-refractivity contribution in [2.45, 2.75) is 25.5 Å². The zero-order chi connectivity index (χ0) is 10.2. The summed E-state index contributed by atoms with van der Waals surface area (Å²) in [7, 11) is 1.93. The summed E-state index contributed by atoms with van der Waals surface area (Å²) in [5.41, 5.74) is 0. The van der Waals surface area contributed by atoms with E-state index in [1.54, 1.807) is 0 Å². The molecule has 1 rings (SSSR count). The fraction of sp³-hybridized carbons (Fsp3) is 1.00. The Morgan fingerprint density at radius 2 is 2.36 bits per heavy atom. The van der Waals surface area contributed by atoms with Crippen LogP contribution >= 0.6 is 0 Å². The van der Waals surface area contributed by atoms with Gasteiger partial charge < -0.3 is 19.5 Å². The molecule has 1 fully saturated rings. The Balaban J connectivity index is 2.21. The van der Waals surface area contributed by atoms with E-state index >= 15 is 0 Å². The van der Waals surface area contributed by atoms with Crippen molar-refractivity contribution in [3.05, 3.63) is 0 Å². The first-order valence-corrected chi connectivity index (χ1v) is 5.32. The summed E-state index contributed by atoms with van der Waals surface area (Å²) < 4.78 is 16.4. The molecule has 1 aliphatic rings. The van der Waals surface area contributed by atoms with Gasteiger partial charge >= 0.3 is 0 Å². The molecule has 0 amide bonds. The third-order valence-electron chi connectivity index (χ3n) is 2.31. The van der Waals surface area contributed by atoms with Crippen molar-refractivity contribution >= 4 is 0 Å². The van der Waals surface area contributed by atoms with Gasteiger partial charge in [0.05, 0.1) is 38.6 Å². The van der Waals surface area contributed by atoms with Crippen LogP contribution in [0.15, 0.2) is 0 Å². The maximum Gasteiger partial charge on any atom is 0.0984 e. The van der Waals surface area contributed by atoms with Gasteiger partial charge in [0.1, 0.15) is 0 Å². The number of likely N-dealkylation sites (N-methyl/N-ethyl adjacent to an activating group) is 1. The summed E-state index contributed by atoms with van der Waals surface area (Å²) in [5.74, 6) is 0. The molecule has 2 unspecified atom stereocenters. The van der Waals surface area contributed by atoms with E-state index in [2.05, 4.69) is 12.2 Å². The van der Waals surface area contributed by atoms with Gasteiger partial charge in [-0.2, -0.15) is 0 Å². The predicted octanol–water partition coefficient (Wildman–Crippen LogP) is 0.416. The van der Waals surface area contributed by atoms with Crippen LogP contribution < -0.4 is 5.32 Å². The van der Waals surface area contributed by atoms with Gasteiger partial charge in [0.25, 0.3) is 0 Å². The molecule has 0 aromatic rings. The molecular formula is C10H21NO3. The van der Waals surface area contributed by atoms with Crippen LogP contribution in [0.4, 0.5) is 0 Å². The predicted molar refractivity (Wildman–Crippen MR) is 54.5 cm³/mol. The van der Waals surface area contributed by atoms with Gasteiger partial charge in [0.15, 0.2) is 0 Å². The molecule has 2 atom stereocenters. The largest absolute Gasteiger partial charge is 0.380 e. The lowest BCUT2D eigenvalue weighted by atomic mass is 10.2. The third-order valence-corrected chi connectivity index (χ3v) is 2.31. The average molecular weight is 203 g/mol. The normalized spacial score (nSPS) is 24.9. The van der Waals surface area contributed by atoms with E-state index in [0.29, 0.717) is 26.4 Å². The number of hydrogen-bond acceptors (Lipinski definition) is 4. The highest BCUT2D eigenvalue weighted by atomic mass is 16.6. The van der Waals surface area contributed by atoms with Gasteiger partial charge in [0.2, 0.25) is 0 Å². The Labute approximate surface area is 85.9 Å². The smallest absolute Gasteiger partial charge is 0.0984 e. The molecule has 0 bridgehead atoms. The van der Waals surface area contributed by atoms with Gasteiger partial charge in [-0.25, -0.2) is 0 Å². The monoisotopic (exact) mass is 203 g/mol. The molecule has 0 aromatic heterocycles. The van der Waals surface area contributed by atoms with Gasteiger partial charge in [0, 0.05) is 6.61 Å². The number of rotatable bonds is 6. The van der Waals surface area contributed by atoms with Crippen molar-refractivity contribution in [1.29, 1.82) is 0 Å². The quantitative estimate of drug-likeness (QED) is 0.635. The highest BCUT2D eigenvalue weighted by Crippen LogP contribution is 2.06. The minimum absolute atomic E-state index is 0.130. The molecule has 14 heavy (non-hydrogen) atoms. The van der Waals surface area contributed by atoms with Crippen LogP contribution in [0.1, 0.15) is 13.3 Å². The lowest BCUT2D eigenvalue weighted by Crippen LogP contribution is -2.48. The molecule has 0 aromatic carbocycles. The van der Waals surface area contributed by atoms with Crippen LogP contribution in [0.5, 0.6) is 0 Å². The van der Waals surface area contributed by atoms with Gasteiger partial charge in [-0.1, -0.05) is 6.92 Å². The number of nitrogens with one attached hydrogen (secondary N) is 1. The maximum absolute atomic E-state index is 5.59. The zero-order valence-corrected chi connectivity index (χ0v) is 9.12. The van der Waals surface area contributed by atoms with Crippen LogP contribution in [0.2, 0.25) is 0 Å². The van der Waals surface area contributed by atoms with Crippen molar-refractivity contribution in [2.75, 3.05) is 40.1 Å². The fourth-order valence-electron chi connectivity index (χ4n) is 1.47. The molecule has 0 radical (unpaired) electrons. The summed E-state index contributed by atoms with van der Waals surface area (Å²) in [6.45, 7) is 5.68. The van der Waals surface area contributed by atoms with E-state index < -0.39 is 0 Å². The summed E-state index contributed by atoms with van der Waals surface area (Å²) in [4.78, 5) is 0. The third kappa shape index (κ3) is 3.92. The molecule has 0 saturated carbocycles. The summed E-state index contributed by atoms with van der Waals surface area (Å²) >= 11 is 0. The molecule has 1 N–H and O–H groups in total. The highest BCUT2D eigenvalue weighted by Gasteiger charge is 2.23. The SMILES string of the molecule is CCCOCC(NC)C1COCCO1. The molecule has 1 heterocycles. The minimum atomic E-state index is 0.130. The Morgan fingerprint density at radius 3 is 2.93 bits per heavy atom. The lowest BCUT2D eigenvalue weighted by molar-refractivity contribution is -0.109. The van der Waals surface area contributed by atoms with Crippen molar-refractivity contribution in [3.8, 4) is 0 Å². The van der Waals surface area contributed by atoms with Gasteiger partial charge in [-0.3, -0.25) is 0 Å². The fourth-order valence-corrected chi connectivity index (χ4v) is 1.47. The molecule has 4 nitrogen and oxygen atoms in total. The van der Waals surface area contributed by atoms with Crippen molar-refractivity contribution in [3.63, 3.8) is 0 Å². The van der Waals surface area contributed by atoms with E-state index in [1.807, 2.05) is 7.05 Å². The minimum Gasteiger partial charge on any atom is -0.380 e. The van der Waals surface area contributed by atoms with Crippen LogP contribution in [0.25, 0.3) is 0 Å². The molecule has 4 heteroatoms. The first-order valence-electron chi connectivity index (χ1n) is 5.32. The van der Waals surface area contributed by atoms with Crippen LogP contribution in [-0.2, 0) is 14.2 Å². The van der Waals surface area contributed by atoms with E-state index in [1.165, 1.54) is 0 Å². The number of hydrogen-bond donors (Lipinski definition) is 1. The maximum atomic E-state index is 5.59. The average Bonchev–Trinajstić information content (AvgIpc) is 2.26. The second-order valence-corrected chi connectivity index (χ2v) is 3.45. The molecular weight excluding hydrogens is 182 g/mol. The second kappa shape index (κ2) is 7.17. The van der Waals surface area contributed by atoms with Crippen molar-refractivity contribution in [2.24, 2.45) is 0 Å². The molecule has 1 saturated heterocycles. The van der Waals surface area contributed by atoms with Crippen LogP contribution in [0.3, 0.4) is 0 Å². The Morgan fingerprint density at radius 1 is 1.50 bits per heavy atom. The Kier molecular flexibility index (Phi) is 6.10. The Hall–Kier alpha value is -0.160. The van der Waals surface area contributed by atoms with Gasteiger partial charge in [-0.15, -0.1) is 0 Å². The first-order chi connectivity index (χ1) is 6.88. The summed E-state index contributed by atoms with van der Waals surface area (Å²) in [6, 6.07) is 0.238. The molecule has 0 aliphatic carbocycles. The van der Waals surface area contributed by atoms with E-state index in [9.17, 15) is 0 Å². The van der Waals surface area contributed by atoms with Crippen molar-refractivity contribution in [1.82, 2.24) is 5.32 Å². The molecule has 84 valence electrons. The lowest BCUT2D eigenvalue weighted by Gasteiger charge is -2.30. The van der Waals surface area contributed by atoms with E-state index in [4.69, 9.17) is 14.2 Å². The van der Waals surface area contributed by atoms with Crippen LogP contribution in [0, 0.1) is 0 Å². The Bertz CT molecular complexity index is 137. The first kappa shape index (κ1) is 11.9. The van der Waals surface area contributed by atoms with Crippen molar-refractivity contribution < 1.29 is 14.2 Å². The zero-order valence-electron chi connectivity index (χ0n) is 9.12. The standard InChI is InChI=1S/C10H21NO3/c1-3-4-12-7-9(11-2)10-8-13-5-6-14-10/h9-11H,3-8H2,1-2H3. The summed E-state index contributed by atoms with van der Waals surface area (Å²) in [6.07, 6.45) is 1.18. The van der Waals surface area contributed by atoms with Gasteiger partial charge in [-0.05, 0) is 13.5 Å². The molecule has 1 aliphatic heterocycles. The second-order valence-electron chi connectivity index (χ2n) is 3.45. The van der Waals surface area contributed by atoms with Crippen LogP contribution in [-0.4, -0.2) is 52.2 Å². The topological polar surface area (TPSA) is 39.7 Å². The molecule has 0 spiro atoms.